The zero-order valence-electron chi connectivity index (χ0n) is 18.5. The minimum absolute atomic E-state index is 0.271. The Labute approximate surface area is 188 Å². The van der Waals surface area contributed by atoms with E-state index in [1.54, 1.807) is 17.0 Å². The molecule has 0 heterocycles. The van der Waals surface area contributed by atoms with Gasteiger partial charge in [-0.15, -0.1) is 0 Å². The molecule has 0 N–H and O–H groups in total. The Hall–Kier alpha value is -2.99. The molecule has 0 spiro atoms. The van der Waals surface area contributed by atoms with Crippen molar-refractivity contribution in [3.63, 3.8) is 0 Å². The number of esters is 1. The third-order valence-corrected chi connectivity index (χ3v) is 4.78. The van der Waals surface area contributed by atoms with E-state index in [2.05, 4.69) is 0 Å². The van der Waals surface area contributed by atoms with E-state index >= 15 is 0 Å². The molecule has 166 valence electrons. The number of carbonyl (C=O) groups is 2. The van der Waals surface area contributed by atoms with E-state index in [-0.39, 0.29) is 12.5 Å². The largest absolute Gasteiger partial charge is 0.493 e. The van der Waals surface area contributed by atoms with Gasteiger partial charge in [0, 0.05) is 18.2 Å². The lowest BCUT2D eigenvalue weighted by Crippen LogP contribution is -2.46. The summed E-state index contributed by atoms with van der Waals surface area (Å²) in [6, 6.07) is 13.0. The van der Waals surface area contributed by atoms with Crippen LogP contribution in [0.5, 0.6) is 11.5 Å². The molecule has 0 unspecified atom stereocenters. The molecular formula is C24H28ClNO5. The predicted octanol–water partition coefficient (Wildman–Crippen LogP) is 4.74. The maximum Gasteiger partial charge on any atom is 0.331 e. The van der Waals surface area contributed by atoms with E-state index in [1.165, 1.54) is 26.4 Å². The first kappa shape index (κ1) is 24.3. The lowest BCUT2D eigenvalue weighted by molar-refractivity contribution is -0.151. The Morgan fingerprint density at radius 2 is 1.74 bits per heavy atom. The molecule has 0 atom stereocenters. The van der Waals surface area contributed by atoms with Gasteiger partial charge in [0.15, 0.2) is 18.1 Å². The molecule has 6 nitrogen and oxygen atoms in total. The summed E-state index contributed by atoms with van der Waals surface area (Å²) in [5.74, 6) is -0.0461. The fourth-order valence-corrected chi connectivity index (χ4v) is 3.22. The highest BCUT2D eigenvalue weighted by Crippen LogP contribution is 2.36. The number of ether oxygens (including phenoxy) is 3. The number of rotatable bonds is 8. The minimum Gasteiger partial charge on any atom is -0.493 e. The van der Waals surface area contributed by atoms with Crippen molar-refractivity contribution in [1.82, 2.24) is 4.90 Å². The van der Waals surface area contributed by atoms with Crippen LogP contribution in [0.1, 0.15) is 31.9 Å². The van der Waals surface area contributed by atoms with E-state index in [0.717, 1.165) is 5.56 Å². The van der Waals surface area contributed by atoms with Crippen molar-refractivity contribution in [1.29, 1.82) is 0 Å². The summed E-state index contributed by atoms with van der Waals surface area (Å²) < 4.78 is 15.6. The smallest absolute Gasteiger partial charge is 0.331 e. The monoisotopic (exact) mass is 445 g/mol. The molecule has 0 saturated carbocycles. The summed E-state index contributed by atoms with van der Waals surface area (Å²) in [7, 11) is 2.99. The van der Waals surface area contributed by atoms with Crippen LogP contribution in [0.3, 0.4) is 0 Å². The van der Waals surface area contributed by atoms with Crippen molar-refractivity contribution in [2.75, 3.05) is 20.8 Å². The van der Waals surface area contributed by atoms with Crippen LogP contribution in [-0.4, -0.2) is 43.1 Å². The summed E-state index contributed by atoms with van der Waals surface area (Å²) in [6.45, 7) is 5.91. The van der Waals surface area contributed by atoms with Crippen LogP contribution in [0.4, 0.5) is 0 Å². The number of carbonyl (C=O) groups excluding carboxylic acids is 2. The third kappa shape index (κ3) is 7.03. The van der Waals surface area contributed by atoms with Crippen LogP contribution in [0.2, 0.25) is 5.02 Å². The molecule has 0 radical (unpaired) electrons. The summed E-state index contributed by atoms with van der Waals surface area (Å²) in [5, 5.41) is 0.353. The highest BCUT2D eigenvalue weighted by Gasteiger charge is 2.27. The minimum atomic E-state index is -0.632. The number of benzene rings is 2. The molecule has 0 saturated heterocycles. The molecule has 1 amide bonds. The Bertz CT molecular complexity index is 935. The van der Waals surface area contributed by atoms with Crippen molar-refractivity contribution in [3.8, 4) is 11.5 Å². The van der Waals surface area contributed by atoms with Gasteiger partial charge in [-0.25, -0.2) is 4.79 Å². The van der Waals surface area contributed by atoms with Gasteiger partial charge in [0.25, 0.3) is 5.91 Å². The van der Waals surface area contributed by atoms with E-state index in [0.29, 0.717) is 28.6 Å². The first-order chi connectivity index (χ1) is 14.7. The van der Waals surface area contributed by atoms with Gasteiger partial charge in [-0.3, -0.25) is 4.79 Å². The fraction of sp³-hybridized carbons (Fsp3) is 0.333. The maximum absolute atomic E-state index is 12.7. The van der Waals surface area contributed by atoms with Gasteiger partial charge in [0.1, 0.15) is 0 Å². The second kappa shape index (κ2) is 10.9. The van der Waals surface area contributed by atoms with Crippen molar-refractivity contribution < 1.29 is 23.8 Å². The maximum atomic E-state index is 12.7. The zero-order chi connectivity index (χ0) is 23.0. The van der Waals surface area contributed by atoms with Crippen molar-refractivity contribution in [3.05, 3.63) is 64.7 Å². The van der Waals surface area contributed by atoms with Crippen molar-refractivity contribution in [2.24, 2.45) is 0 Å². The Balaban J connectivity index is 2.02. The van der Waals surface area contributed by atoms with Gasteiger partial charge in [-0.1, -0.05) is 41.9 Å². The molecule has 0 bridgehead atoms. The van der Waals surface area contributed by atoms with Crippen LogP contribution in [-0.2, 0) is 20.9 Å². The zero-order valence-corrected chi connectivity index (χ0v) is 19.2. The topological polar surface area (TPSA) is 65.1 Å². The van der Waals surface area contributed by atoms with Gasteiger partial charge in [-0.2, -0.15) is 0 Å². The number of halogens is 1. The molecular weight excluding hydrogens is 418 g/mol. The normalized spacial score (nSPS) is 11.3. The number of hydrogen-bond donors (Lipinski definition) is 0. The lowest BCUT2D eigenvalue weighted by atomic mass is 10.0. The van der Waals surface area contributed by atoms with Crippen molar-refractivity contribution >= 4 is 29.6 Å². The first-order valence-electron chi connectivity index (χ1n) is 9.76. The van der Waals surface area contributed by atoms with E-state index in [9.17, 15) is 9.59 Å². The van der Waals surface area contributed by atoms with Gasteiger partial charge >= 0.3 is 5.97 Å². The Morgan fingerprint density at radius 3 is 2.32 bits per heavy atom. The predicted molar refractivity (Wildman–Crippen MR) is 121 cm³/mol. The highest BCUT2D eigenvalue weighted by molar-refractivity contribution is 6.32. The number of methoxy groups -OCH3 is 2. The van der Waals surface area contributed by atoms with Gasteiger partial charge in [0.05, 0.1) is 19.2 Å². The third-order valence-electron chi connectivity index (χ3n) is 4.50. The van der Waals surface area contributed by atoms with E-state index < -0.39 is 11.5 Å². The molecule has 2 aromatic rings. The van der Waals surface area contributed by atoms with Gasteiger partial charge in [-0.05, 0) is 50.1 Å². The van der Waals surface area contributed by atoms with Crippen LogP contribution in [0.25, 0.3) is 6.08 Å². The molecule has 0 aliphatic carbocycles. The van der Waals surface area contributed by atoms with Crippen LogP contribution in [0, 0.1) is 0 Å². The van der Waals surface area contributed by atoms with E-state index in [4.69, 9.17) is 25.8 Å². The fourth-order valence-electron chi connectivity index (χ4n) is 2.92. The van der Waals surface area contributed by atoms with Gasteiger partial charge in [0.2, 0.25) is 0 Å². The summed E-state index contributed by atoms with van der Waals surface area (Å²) >= 11 is 6.17. The van der Waals surface area contributed by atoms with Crippen LogP contribution >= 0.6 is 11.6 Å². The molecule has 0 aliphatic rings. The van der Waals surface area contributed by atoms with Gasteiger partial charge < -0.3 is 19.1 Å². The summed E-state index contributed by atoms with van der Waals surface area (Å²) in [5.41, 5.74) is 1.21. The second-order valence-corrected chi connectivity index (χ2v) is 8.22. The molecule has 31 heavy (non-hydrogen) atoms. The second-order valence-electron chi connectivity index (χ2n) is 7.82. The highest BCUT2D eigenvalue weighted by atomic mass is 35.5. The number of nitrogens with zero attached hydrogens (tertiary/aromatic N) is 1. The Morgan fingerprint density at radius 1 is 1.06 bits per heavy atom. The van der Waals surface area contributed by atoms with Crippen LogP contribution in [0.15, 0.2) is 48.5 Å². The van der Waals surface area contributed by atoms with Crippen LogP contribution < -0.4 is 9.47 Å². The average molecular weight is 446 g/mol. The molecule has 0 aromatic heterocycles. The molecule has 7 heteroatoms. The number of hydrogen-bond acceptors (Lipinski definition) is 5. The quantitative estimate of drug-likeness (QED) is 0.433. The Kier molecular flexibility index (Phi) is 8.51. The van der Waals surface area contributed by atoms with Crippen molar-refractivity contribution in [2.45, 2.75) is 32.9 Å². The number of amides is 1. The molecule has 0 fully saturated rings. The summed E-state index contributed by atoms with van der Waals surface area (Å²) in [6.07, 6.45) is 2.77. The first-order valence-corrected chi connectivity index (χ1v) is 10.1. The summed E-state index contributed by atoms with van der Waals surface area (Å²) in [4.78, 5) is 26.6. The molecule has 2 rings (SSSR count). The molecule has 2 aromatic carbocycles. The average Bonchev–Trinajstić information content (AvgIpc) is 2.73. The standard InChI is InChI=1S/C24H28ClNO5/c1-24(2,3)26(15-17-9-7-6-8-10-17)21(27)16-31-22(28)12-11-18-13-19(25)23(30-5)20(14-18)29-4/h6-14H,15-16H2,1-5H3/b12-11+. The molecule has 0 aliphatic heterocycles. The SMILES string of the molecule is COc1cc(/C=C/C(=O)OCC(=O)N(Cc2ccccc2)C(C)(C)C)cc(Cl)c1OC. The van der Waals surface area contributed by atoms with E-state index in [1.807, 2.05) is 51.1 Å². The lowest BCUT2D eigenvalue weighted by Gasteiger charge is -2.35.